The van der Waals surface area contributed by atoms with Crippen molar-refractivity contribution in [2.75, 3.05) is 32.7 Å². The molecule has 2 heterocycles. The van der Waals surface area contributed by atoms with Crippen LogP contribution >= 0.6 is 0 Å². The minimum absolute atomic E-state index is 0.791. The molecule has 0 fully saturated rings. The predicted octanol–water partition coefficient (Wildman–Crippen LogP) is 3.92. The highest BCUT2D eigenvalue weighted by Crippen LogP contribution is 2.23. The molecule has 174 valence electrons. The fraction of sp³-hybridized carbons (Fsp3) is 0.393. The molecular weight excluding hydrogens is 406 g/mol. The zero-order valence-corrected chi connectivity index (χ0v) is 19.6. The lowest BCUT2D eigenvalue weighted by Crippen LogP contribution is -2.36. The minimum Gasteiger partial charge on any atom is -0.390 e. The summed E-state index contributed by atoms with van der Waals surface area (Å²) in [6, 6.07) is 15.1. The Balaban J connectivity index is 1.26. The van der Waals surface area contributed by atoms with Gasteiger partial charge in [-0.1, -0.05) is 48.6 Å². The largest absolute Gasteiger partial charge is 0.390 e. The molecule has 5 heteroatoms. The molecule has 1 aliphatic carbocycles. The van der Waals surface area contributed by atoms with Gasteiger partial charge in [0.05, 0.1) is 5.69 Å². The van der Waals surface area contributed by atoms with Gasteiger partial charge in [0.25, 0.3) is 0 Å². The van der Waals surface area contributed by atoms with E-state index in [9.17, 15) is 0 Å². The Morgan fingerprint density at radius 3 is 2.73 bits per heavy atom. The van der Waals surface area contributed by atoms with E-state index < -0.39 is 0 Å². The van der Waals surface area contributed by atoms with Gasteiger partial charge in [-0.25, -0.2) is 0 Å². The van der Waals surface area contributed by atoms with E-state index in [2.05, 4.69) is 80.6 Å². The molecular formula is C28H37N5. The van der Waals surface area contributed by atoms with Crippen LogP contribution in [0.15, 0.2) is 84.2 Å². The third-order valence-corrected chi connectivity index (χ3v) is 6.17. The van der Waals surface area contributed by atoms with E-state index in [4.69, 9.17) is 0 Å². The highest BCUT2D eigenvalue weighted by atomic mass is 15.1. The summed E-state index contributed by atoms with van der Waals surface area (Å²) < 4.78 is 0. The van der Waals surface area contributed by atoms with E-state index in [0.29, 0.717) is 0 Å². The number of hydrogen-bond donors (Lipinski definition) is 3. The number of pyridine rings is 1. The Morgan fingerprint density at radius 2 is 1.85 bits per heavy atom. The molecule has 0 amide bonds. The van der Waals surface area contributed by atoms with Gasteiger partial charge in [0.2, 0.25) is 0 Å². The normalized spacial score (nSPS) is 20.6. The van der Waals surface area contributed by atoms with E-state index in [1.807, 2.05) is 18.3 Å². The number of aromatic nitrogens is 1. The standard InChI is InChI=1S/C28H37N5/c1-2-14-32-28(8-1)22-31-20-25-9-11-26(12-10-25)23-33-17-15-29-13-4-7-24-5-3-6-27(19-24)21-30-16-18-33/h1-2,4-5,7-12,14,21,29-31H,3,6,13,15-20,22-23H2/b7-4-,27-21+. The summed E-state index contributed by atoms with van der Waals surface area (Å²) in [4.78, 5) is 6.90. The number of nitrogens with zero attached hydrogens (tertiary/aromatic N) is 2. The Bertz CT molecular complexity index is 931. The number of benzene rings is 1. The van der Waals surface area contributed by atoms with Gasteiger partial charge in [0.15, 0.2) is 0 Å². The van der Waals surface area contributed by atoms with Gasteiger partial charge < -0.3 is 16.0 Å². The van der Waals surface area contributed by atoms with Crippen molar-refractivity contribution in [1.82, 2.24) is 25.8 Å². The molecule has 0 radical (unpaired) electrons. The monoisotopic (exact) mass is 443 g/mol. The van der Waals surface area contributed by atoms with Gasteiger partial charge in [0, 0.05) is 58.6 Å². The summed E-state index contributed by atoms with van der Waals surface area (Å²) in [5.41, 5.74) is 6.71. The number of fused-ring (bicyclic) bond motifs is 2. The van der Waals surface area contributed by atoms with Crippen molar-refractivity contribution >= 4 is 0 Å². The summed E-state index contributed by atoms with van der Waals surface area (Å²) >= 11 is 0. The molecule has 1 aromatic heterocycles. The average Bonchev–Trinajstić information content (AvgIpc) is 2.85. The van der Waals surface area contributed by atoms with Gasteiger partial charge in [-0.05, 0) is 59.9 Å². The Kier molecular flexibility index (Phi) is 9.29. The molecule has 1 aliphatic heterocycles. The van der Waals surface area contributed by atoms with Crippen LogP contribution in [0.1, 0.15) is 36.1 Å². The van der Waals surface area contributed by atoms with Crippen LogP contribution < -0.4 is 16.0 Å². The first-order valence-electron chi connectivity index (χ1n) is 12.2. The first-order chi connectivity index (χ1) is 16.3. The van der Waals surface area contributed by atoms with Crippen LogP contribution in [0, 0.1) is 0 Å². The SMILES string of the molecule is C1=C2/C=C\CNCCN(Cc3ccc(CNCc4ccccn4)cc3)CCN/C=C(\CC1)C2. The zero-order chi connectivity index (χ0) is 22.6. The fourth-order valence-electron chi connectivity index (χ4n) is 4.32. The van der Waals surface area contributed by atoms with Crippen molar-refractivity contribution in [1.29, 1.82) is 0 Å². The van der Waals surface area contributed by atoms with Crippen molar-refractivity contribution in [2.24, 2.45) is 0 Å². The van der Waals surface area contributed by atoms with Gasteiger partial charge >= 0.3 is 0 Å². The number of rotatable bonds is 6. The van der Waals surface area contributed by atoms with Crippen molar-refractivity contribution in [3.8, 4) is 0 Å². The summed E-state index contributed by atoms with van der Waals surface area (Å²) in [6.45, 7) is 7.62. The minimum atomic E-state index is 0.791. The Morgan fingerprint density at radius 1 is 0.970 bits per heavy atom. The molecule has 0 unspecified atom stereocenters. The fourth-order valence-corrected chi connectivity index (χ4v) is 4.32. The van der Waals surface area contributed by atoms with Crippen molar-refractivity contribution in [2.45, 2.75) is 38.9 Å². The summed E-state index contributed by atoms with van der Waals surface area (Å²) in [5.74, 6) is 0. The highest BCUT2D eigenvalue weighted by molar-refractivity contribution is 5.29. The van der Waals surface area contributed by atoms with Crippen LogP contribution in [-0.2, 0) is 19.6 Å². The number of hydrogen-bond acceptors (Lipinski definition) is 5. The molecule has 4 rings (SSSR count). The second-order valence-corrected chi connectivity index (χ2v) is 8.87. The van der Waals surface area contributed by atoms with E-state index in [1.54, 1.807) is 0 Å². The molecule has 2 bridgehead atoms. The summed E-state index contributed by atoms with van der Waals surface area (Å²) in [5, 5.41) is 10.6. The Labute approximate surface area is 198 Å². The van der Waals surface area contributed by atoms with Gasteiger partial charge in [0.1, 0.15) is 0 Å². The van der Waals surface area contributed by atoms with Crippen LogP contribution in [0.5, 0.6) is 0 Å². The smallest absolute Gasteiger partial charge is 0.0541 e. The topological polar surface area (TPSA) is 52.2 Å². The second kappa shape index (κ2) is 13.1. The Hall–Kier alpha value is -2.73. The van der Waals surface area contributed by atoms with Crippen LogP contribution in [0.25, 0.3) is 0 Å². The molecule has 0 saturated heterocycles. The molecule has 0 saturated carbocycles. The van der Waals surface area contributed by atoms with Gasteiger partial charge in [-0.15, -0.1) is 0 Å². The molecule has 0 atom stereocenters. The molecule has 0 spiro atoms. The van der Waals surface area contributed by atoms with E-state index >= 15 is 0 Å². The number of allylic oxidation sites excluding steroid dienone is 4. The zero-order valence-electron chi connectivity index (χ0n) is 19.6. The van der Waals surface area contributed by atoms with Crippen LogP contribution in [0.4, 0.5) is 0 Å². The van der Waals surface area contributed by atoms with E-state index in [1.165, 1.54) is 28.7 Å². The molecule has 2 aromatic rings. The van der Waals surface area contributed by atoms with Crippen molar-refractivity contribution in [3.63, 3.8) is 0 Å². The van der Waals surface area contributed by atoms with E-state index in [-0.39, 0.29) is 0 Å². The summed E-state index contributed by atoms with van der Waals surface area (Å²) in [7, 11) is 0. The maximum atomic E-state index is 4.36. The second-order valence-electron chi connectivity index (χ2n) is 8.87. The molecule has 33 heavy (non-hydrogen) atoms. The maximum Gasteiger partial charge on any atom is 0.0541 e. The maximum absolute atomic E-state index is 4.36. The van der Waals surface area contributed by atoms with Crippen LogP contribution in [0.3, 0.4) is 0 Å². The van der Waals surface area contributed by atoms with Crippen molar-refractivity contribution < 1.29 is 0 Å². The average molecular weight is 444 g/mol. The lowest BCUT2D eigenvalue weighted by atomic mass is 9.94. The van der Waals surface area contributed by atoms with Gasteiger partial charge in [-0.2, -0.15) is 0 Å². The van der Waals surface area contributed by atoms with Gasteiger partial charge in [-0.3, -0.25) is 9.88 Å². The van der Waals surface area contributed by atoms with Crippen LogP contribution in [-0.4, -0.2) is 42.6 Å². The first-order valence-corrected chi connectivity index (χ1v) is 12.2. The lowest BCUT2D eigenvalue weighted by molar-refractivity contribution is 0.269. The predicted molar refractivity (Wildman–Crippen MR) is 137 cm³/mol. The van der Waals surface area contributed by atoms with E-state index in [0.717, 1.165) is 70.9 Å². The number of nitrogens with one attached hydrogen (secondary N) is 3. The lowest BCUT2D eigenvalue weighted by Gasteiger charge is -2.23. The highest BCUT2D eigenvalue weighted by Gasteiger charge is 2.09. The molecule has 1 aromatic carbocycles. The van der Waals surface area contributed by atoms with Crippen molar-refractivity contribution in [3.05, 3.63) is 101 Å². The molecule has 3 N–H and O–H groups in total. The first kappa shape index (κ1) is 23.4. The quantitative estimate of drug-likeness (QED) is 0.632. The third-order valence-electron chi connectivity index (χ3n) is 6.17. The molecule has 5 nitrogen and oxygen atoms in total. The van der Waals surface area contributed by atoms with Crippen LogP contribution in [0.2, 0.25) is 0 Å². The summed E-state index contributed by atoms with van der Waals surface area (Å²) in [6.07, 6.45) is 14.4. The molecule has 2 aliphatic rings. The third kappa shape index (κ3) is 8.28.